The molecule has 0 spiro atoms. The van der Waals surface area contributed by atoms with Crippen LogP contribution in [0, 0.1) is 0 Å². The highest BCUT2D eigenvalue weighted by Crippen LogP contribution is 2.50. The molecule has 0 amide bonds. The standard InChI is InChI=1S/C8H6S2/c1-2-7-6(4-9-7)8-5(1)3-10-8/h1-2H,3-4H2. The van der Waals surface area contributed by atoms with Crippen molar-refractivity contribution < 1.29 is 0 Å². The van der Waals surface area contributed by atoms with E-state index < -0.39 is 0 Å². The molecule has 0 atom stereocenters. The number of benzene rings is 1. The lowest BCUT2D eigenvalue weighted by Gasteiger charge is -2.28. The van der Waals surface area contributed by atoms with Crippen LogP contribution in [0.2, 0.25) is 0 Å². The van der Waals surface area contributed by atoms with Crippen LogP contribution < -0.4 is 0 Å². The number of rotatable bonds is 0. The largest absolute Gasteiger partial charge is 0.121 e. The number of thioether (sulfide) groups is 2. The van der Waals surface area contributed by atoms with Gasteiger partial charge in [0.05, 0.1) is 0 Å². The molecule has 0 aliphatic carbocycles. The Morgan fingerprint density at radius 1 is 1.10 bits per heavy atom. The Balaban J connectivity index is 2.34. The lowest BCUT2D eigenvalue weighted by Crippen LogP contribution is -2.07. The molecule has 50 valence electrons. The molecule has 1 aromatic carbocycles. The molecule has 1 aromatic rings. The van der Waals surface area contributed by atoms with Crippen LogP contribution in [0.3, 0.4) is 0 Å². The zero-order valence-electron chi connectivity index (χ0n) is 5.39. The molecular weight excluding hydrogens is 160 g/mol. The van der Waals surface area contributed by atoms with Gasteiger partial charge in [-0.2, -0.15) is 0 Å². The van der Waals surface area contributed by atoms with Crippen LogP contribution in [0.1, 0.15) is 11.1 Å². The van der Waals surface area contributed by atoms with Crippen molar-refractivity contribution in [1.29, 1.82) is 0 Å². The Kier molecular flexibility index (Phi) is 0.968. The fourth-order valence-electron chi connectivity index (χ4n) is 1.36. The third kappa shape index (κ3) is 0.523. The predicted octanol–water partition coefficient (Wildman–Crippen LogP) is 2.90. The van der Waals surface area contributed by atoms with Crippen molar-refractivity contribution >= 4 is 23.5 Å². The second-order valence-electron chi connectivity index (χ2n) is 2.61. The highest BCUT2D eigenvalue weighted by Gasteiger charge is 2.25. The Morgan fingerprint density at radius 2 is 2.10 bits per heavy atom. The molecule has 0 saturated heterocycles. The SMILES string of the molecule is c1cc2c(c3c1CS3)CS2. The third-order valence-corrected chi connectivity index (χ3v) is 4.42. The van der Waals surface area contributed by atoms with Gasteiger partial charge in [-0.15, -0.1) is 23.5 Å². The lowest BCUT2D eigenvalue weighted by atomic mass is 10.1. The van der Waals surface area contributed by atoms with Gasteiger partial charge in [-0.05, 0) is 17.2 Å². The van der Waals surface area contributed by atoms with Crippen LogP contribution in [-0.2, 0) is 11.5 Å². The van der Waals surface area contributed by atoms with Crippen molar-refractivity contribution in [2.45, 2.75) is 21.3 Å². The second kappa shape index (κ2) is 1.74. The van der Waals surface area contributed by atoms with Crippen molar-refractivity contribution in [3.05, 3.63) is 23.3 Å². The number of hydrogen-bond acceptors (Lipinski definition) is 2. The van der Waals surface area contributed by atoms with Gasteiger partial charge in [0.25, 0.3) is 0 Å². The molecule has 10 heavy (non-hydrogen) atoms. The summed E-state index contributed by atoms with van der Waals surface area (Å²) in [4.78, 5) is 3.11. The van der Waals surface area contributed by atoms with Crippen molar-refractivity contribution in [2.24, 2.45) is 0 Å². The smallest absolute Gasteiger partial charge is 0.0254 e. The van der Waals surface area contributed by atoms with E-state index in [1.54, 1.807) is 16.0 Å². The Bertz CT molecular complexity index is 273. The summed E-state index contributed by atoms with van der Waals surface area (Å²) >= 11 is 3.98. The first-order valence-corrected chi connectivity index (χ1v) is 5.32. The molecule has 2 heterocycles. The summed E-state index contributed by atoms with van der Waals surface area (Å²) in [5.74, 6) is 2.50. The monoisotopic (exact) mass is 166 g/mol. The maximum Gasteiger partial charge on any atom is 0.0254 e. The van der Waals surface area contributed by atoms with Crippen molar-refractivity contribution in [2.75, 3.05) is 0 Å². The molecular formula is C8H6S2. The van der Waals surface area contributed by atoms with Crippen LogP contribution in [0.4, 0.5) is 0 Å². The van der Waals surface area contributed by atoms with E-state index >= 15 is 0 Å². The van der Waals surface area contributed by atoms with Gasteiger partial charge in [0.2, 0.25) is 0 Å². The third-order valence-electron chi connectivity index (χ3n) is 2.04. The van der Waals surface area contributed by atoms with E-state index in [1.165, 1.54) is 16.4 Å². The summed E-state index contributed by atoms with van der Waals surface area (Å²) < 4.78 is 0. The van der Waals surface area contributed by atoms with Crippen molar-refractivity contribution in [3.63, 3.8) is 0 Å². The van der Waals surface area contributed by atoms with E-state index in [0.717, 1.165) is 0 Å². The average Bonchev–Trinajstić information content (AvgIpc) is 1.84. The molecule has 0 saturated carbocycles. The van der Waals surface area contributed by atoms with E-state index in [4.69, 9.17) is 0 Å². The van der Waals surface area contributed by atoms with Crippen molar-refractivity contribution in [3.8, 4) is 0 Å². The van der Waals surface area contributed by atoms with Crippen LogP contribution >= 0.6 is 23.5 Å². The molecule has 3 rings (SSSR count). The maximum absolute atomic E-state index is 2.27. The zero-order valence-corrected chi connectivity index (χ0v) is 7.02. The molecule has 2 heteroatoms. The molecule has 0 aromatic heterocycles. The van der Waals surface area contributed by atoms with Crippen LogP contribution in [0.5, 0.6) is 0 Å². The Morgan fingerprint density at radius 3 is 2.60 bits per heavy atom. The molecule has 2 aliphatic heterocycles. The van der Waals surface area contributed by atoms with E-state index in [-0.39, 0.29) is 0 Å². The number of fused-ring (bicyclic) bond motifs is 3. The molecule has 0 radical (unpaired) electrons. The average molecular weight is 166 g/mol. The fraction of sp³-hybridized carbons (Fsp3) is 0.250. The van der Waals surface area contributed by atoms with Gasteiger partial charge in [0, 0.05) is 21.3 Å². The molecule has 2 aliphatic rings. The van der Waals surface area contributed by atoms with Crippen LogP contribution in [-0.4, -0.2) is 0 Å². The van der Waals surface area contributed by atoms with Crippen LogP contribution in [0.15, 0.2) is 21.9 Å². The van der Waals surface area contributed by atoms with Crippen molar-refractivity contribution in [1.82, 2.24) is 0 Å². The lowest BCUT2D eigenvalue weighted by molar-refractivity contribution is 1.04. The first kappa shape index (κ1) is 5.56. The quantitative estimate of drug-likeness (QED) is 0.581. The predicted molar refractivity (Wildman–Crippen MR) is 45.6 cm³/mol. The summed E-state index contributed by atoms with van der Waals surface area (Å²) in [7, 11) is 0. The number of hydrogen-bond donors (Lipinski definition) is 0. The summed E-state index contributed by atoms with van der Waals surface area (Å²) in [6.45, 7) is 0. The molecule has 0 unspecified atom stereocenters. The minimum atomic E-state index is 1.24. The van der Waals surface area contributed by atoms with Gasteiger partial charge < -0.3 is 0 Å². The normalized spacial score (nSPS) is 18.4. The summed E-state index contributed by atoms with van der Waals surface area (Å²) in [6.07, 6.45) is 0. The first-order valence-electron chi connectivity index (χ1n) is 3.35. The van der Waals surface area contributed by atoms with Gasteiger partial charge >= 0.3 is 0 Å². The summed E-state index contributed by atoms with van der Waals surface area (Å²) in [5.41, 5.74) is 3.20. The van der Waals surface area contributed by atoms with E-state index in [2.05, 4.69) is 12.1 Å². The first-order chi connectivity index (χ1) is 4.95. The summed E-state index contributed by atoms with van der Waals surface area (Å²) in [5, 5.41) is 0. The molecule has 0 bridgehead atoms. The maximum atomic E-state index is 2.27. The van der Waals surface area contributed by atoms with E-state index in [0.29, 0.717) is 0 Å². The molecule has 0 nitrogen and oxygen atoms in total. The minimum absolute atomic E-state index is 1.24. The molecule has 0 N–H and O–H groups in total. The highest BCUT2D eigenvalue weighted by molar-refractivity contribution is 8.01. The van der Waals surface area contributed by atoms with Gasteiger partial charge in [0.15, 0.2) is 0 Å². The molecule has 0 fully saturated rings. The summed E-state index contributed by atoms with van der Waals surface area (Å²) in [6, 6.07) is 4.54. The van der Waals surface area contributed by atoms with Gasteiger partial charge in [-0.1, -0.05) is 6.07 Å². The Hall–Kier alpha value is -0.0800. The van der Waals surface area contributed by atoms with E-state index in [1.807, 2.05) is 23.5 Å². The van der Waals surface area contributed by atoms with Crippen LogP contribution in [0.25, 0.3) is 0 Å². The topological polar surface area (TPSA) is 0 Å². The highest BCUT2D eigenvalue weighted by atomic mass is 32.2. The van der Waals surface area contributed by atoms with Gasteiger partial charge in [0.1, 0.15) is 0 Å². The second-order valence-corrected chi connectivity index (χ2v) is 4.61. The fourth-order valence-corrected chi connectivity index (χ4v) is 3.36. The zero-order chi connectivity index (χ0) is 6.55. The Labute approximate surface area is 68.4 Å². The van der Waals surface area contributed by atoms with Gasteiger partial charge in [-0.3, -0.25) is 0 Å². The van der Waals surface area contributed by atoms with Gasteiger partial charge in [-0.25, -0.2) is 0 Å². The van der Waals surface area contributed by atoms with E-state index in [9.17, 15) is 0 Å². The minimum Gasteiger partial charge on any atom is -0.121 e.